The van der Waals surface area contributed by atoms with E-state index < -0.39 is 23.3 Å². The summed E-state index contributed by atoms with van der Waals surface area (Å²) in [5.41, 5.74) is 0.672. The lowest BCUT2D eigenvalue weighted by Gasteiger charge is -2.08. The van der Waals surface area contributed by atoms with E-state index >= 15 is 0 Å². The van der Waals surface area contributed by atoms with Gasteiger partial charge in [-0.05, 0) is 24.3 Å². The standard InChI is InChI=1S/C20H12ClF2N3O3/c1-29-19-15-16(10-5-7-11(8-6-10)20(27)28)25-26(17(15)12(21)9-24-19)18-13(22)3-2-4-14(18)23/h2-9H,1H3,(H,27,28). The monoisotopic (exact) mass is 415 g/mol. The molecule has 0 aliphatic carbocycles. The molecule has 0 atom stereocenters. The lowest BCUT2D eigenvalue weighted by atomic mass is 10.1. The molecule has 146 valence electrons. The van der Waals surface area contributed by atoms with E-state index in [4.69, 9.17) is 21.4 Å². The van der Waals surface area contributed by atoms with Crippen molar-refractivity contribution in [2.75, 3.05) is 7.11 Å². The van der Waals surface area contributed by atoms with Crippen LogP contribution >= 0.6 is 11.6 Å². The number of carbonyl (C=O) groups is 1. The summed E-state index contributed by atoms with van der Waals surface area (Å²) in [6.45, 7) is 0. The number of carboxylic acids is 1. The first-order chi connectivity index (χ1) is 13.9. The van der Waals surface area contributed by atoms with Gasteiger partial charge in [0.05, 0.1) is 29.3 Å². The maximum Gasteiger partial charge on any atom is 0.335 e. The number of hydrogen-bond acceptors (Lipinski definition) is 4. The van der Waals surface area contributed by atoms with Crippen LogP contribution in [-0.4, -0.2) is 33.0 Å². The number of ether oxygens (including phenoxy) is 1. The number of rotatable bonds is 4. The van der Waals surface area contributed by atoms with Gasteiger partial charge in [-0.25, -0.2) is 23.2 Å². The van der Waals surface area contributed by atoms with E-state index in [1.165, 1.54) is 43.6 Å². The maximum absolute atomic E-state index is 14.5. The summed E-state index contributed by atoms with van der Waals surface area (Å²) in [6, 6.07) is 9.34. The Labute approximate surface area is 167 Å². The van der Waals surface area contributed by atoms with Crippen molar-refractivity contribution in [1.29, 1.82) is 0 Å². The van der Waals surface area contributed by atoms with Crippen molar-refractivity contribution in [1.82, 2.24) is 14.8 Å². The zero-order chi connectivity index (χ0) is 20.7. The fraction of sp³-hybridized carbons (Fsp3) is 0.0500. The number of nitrogens with zero attached hydrogens (tertiary/aromatic N) is 3. The van der Waals surface area contributed by atoms with Crippen LogP contribution in [0.2, 0.25) is 5.02 Å². The molecule has 9 heteroatoms. The predicted octanol–water partition coefficient (Wildman–Crippen LogP) is 4.73. The van der Waals surface area contributed by atoms with E-state index in [-0.39, 0.29) is 27.7 Å². The van der Waals surface area contributed by atoms with Gasteiger partial charge in [0.1, 0.15) is 16.9 Å². The average molecular weight is 416 g/mol. The third kappa shape index (κ3) is 3.07. The minimum atomic E-state index is -1.08. The van der Waals surface area contributed by atoms with Crippen LogP contribution in [0.4, 0.5) is 8.78 Å². The number of aromatic nitrogens is 3. The highest BCUT2D eigenvalue weighted by molar-refractivity contribution is 6.35. The molecule has 4 rings (SSSR count). The highest BCUT2D eigenvalue weighted by Gasteiger charge is 2.24. The van der Waals surface area contributed by atoms with Crippen molar-refractivity contribution in [2.45, 2.75) is 0 Å². The van der Waals surface area contributed by atoms with E-state index in [2.05, 4.69) is 10.1 Å². The fourth-order valence-corrected chi connectivity index (χ4v) is 3.29. The summed E-state index contributed by atoms with van der Waals surface area (Å²) in [6.07, 6.45) is 1.30. The molecule has 0 aliphatic rings. The largest absolute Gasteiger partial charge is 0.480 e. The van der Waals surface area contributed by atoms with Gasteiger partial charge in [0.15, 0.2) is 11.6 Å². The van der Waals surface area contributed by atoms with Gasteiger partial charge in [-0.3, -0.25) is 0 Å². The van der Waals surface area contributed by atoms with Crippen molar-refractivity contribution >= 4 is 28.5 Å². The molecule has 0 saturated heterocycles. The normalized spacial score (nSPS) is 11.0. The summed E-state index contributed by atoms with van der Waals surface area (Å²) < 4.78 is 35.3. The van der Waals surface area contributed by atoms with Crippen LogP contribution in [0, 0.1) is 11.6 Å². The molecule has 0 amide bonds. The van der Waals surface area contributed by atoms with E-state index in [9.17, 15) is 13.6 Å². The van der Waals surface area contributed by atoms with Crippen LogP contribution in [0.15, 0.2) is 48.7 Å². The van der Waals surface area contributed by atoms with Crippen molar-refractivity contribution in [3.63, 3.8) is 0 Å². The second-order valence-corrected chi connectivity index (χ2v) is 6.46. The fourth-order valence-electron chi connectivity index (χ4n) is 3.06. The molecule has 6 nitrogen and oxygen atoms in total. The number of benzene rings is 2. The lowest BCUT2D eigenvalue weighted by Crippen LogP contribution is -2.04. The third-order valence-electron chi connectivity index (χ3n) is 4.37. The molecule has 0 aliphatic heterocycles. The van der Waals surface area contributed by atoms with Gasteiger partial charge in [0.2, 0.25) is 5.88 Å². The second kappa shape index (κ2) is 7.14. The van der Waals surface area contributed by atoms with Gasteiger partial charge in [-0.1, -0.05) is 29.8 Å². The molecule has 29 heavy (non-hydrogen) atoms. The summed E-state index contributed by atoms with van der Waals surface area (Å²) in [7, 11) is 1.40. The Hall–Kier alpha value is -3.52. The Morgan fingerprint density at radius 3 is 2.38 bits per heavy atom. The molecule has 0 saturated carbocycles. The second-order valence-electron chi connectivity index (χ2n) is 6.05. The molecule has 0 bridgehead atoms. The van der Waals surface area contributed by atoms with E-state index in [0.717, 1.165) is 16.8 Å². The van der Waals surface area contributed by atoms with Crippen molar-refractivity contribution in [3.8, 4) is 22.8 Å². The molecular formula is C20H12ClF2N3O3. The van der Waals surface area contributed by atoms with E-state index in [1.807, 2.05) is 0 Å². The summed E-state index contributed by atoms with van der Waals surface area (Å²) >= 11 is 6.31. The van der Waals surface area contributed by atoms with Crippen molar-refractivity contribution in [3.05, 3.63) is 70.9 Å². The minimum Gasteiger partial charge on any atom is -0.480 e. The SMILES string of the molecule is COc1ncc(Cl)c2c1c(-c1ccc(C(=O)O)cc1)nn2-c1c(F)cccc1F. The van der Waals surface area contributed by atoms with Crippen LogP contribution in [0.5, 0.6) is 5.88 Å². The molecule has 2 aromatic heterocycles. The number of halogens is 3. The number of para-hydroxylation sites is 1. The quantitative estimate of drug-likeness (QED) is 0.521. The zero-order valence-electron chi connectivity index (χ0n) is 14.9. The smallest absolute Gasteiger partial charge is 0.335 e. The summed E-state index contributed by atoms with van der Waals surface area (Å²) in [4.78, 5) is 15.2. The number of hydrogen-bond donors (Lipinski definition) is 1. The maximum atomic E-state index is 14.5. The molecule has 2 aromatic carbocycles. The zero-order valence-corrected chi connectivity index (χ0v) is 15.6. The molecule has 0 spiro atoms. The third-order valence-corrected chi connectivity index (χ3v) is 4.65. The summed E-state index contributed by atoms with van der Waals surface area (Å²) in [5, 5.41) is 13.9. The highest BCUT2D eigenvalue weighted by atomic mass is 35.5. The molecular weight excluding hydrogens is 404 g/mol. The Bertz CT molecular complexity index is 1240. The van der Waals surface area contributed by atoms with Crippen LogP contribution in [0.3, 0.4) is 0 Å². The molecule has 1 N–H and O–H groups in total. The van der Waals surface area contributed by atoms with Crippen LogP contribution in [-0.2, 0) is 0 Å². The average Bonchev–Trinajstić information content (AvgIpc) is 3.09. The molecule has 0 radical (unpaired) electrons. The predicted molar refractivity (Wildman–Crippen MR) is 103 cm³/mol. The Morgan fingerprint density at radius 2 is 1.79 bits per heavy atom. The van der Waals surface area contributed by atoms with Gasteiger partial charge in [-0.2, -0.15) is 5.10 Å². The first-order valence-electron chi connectivity index (χ1n) is 8.31. The number of pyridine rings is 1. The molecule has 2 heterocycles. The van der Waals surface area contributed by atoms with Crippen LogP contribution < -0.4 is 4.74 Å². The van der Waals surface area contributed by atoms with Crippen LogP contribution in [0.1, 0.15) is 10.4 Å². The topological polar surface area (TPSA) is 77.2 Å². The molecule has 4 aromatic rings. The Morgan fingerprint density at radius 1 is 1.14 bits per heavy atom. The minimum absolute atomic E-state index is 0.0840. The first-order valence-corrected chi connectivity index (χ1v) is 8.69. The van der Waals surface area contributed by atoms with E-state index in [1.54, 1.807) is 0 Å². The summed E-state index contributed by atoms with van der Waals surface area (Å²) in [5.74, 6) is -2.57. The van der Waals surface area contributed by atoms with Crippen molar-refractivity contribution in [2.24, 2.45) is 0 Å². The lowest BCUT2D eigenvalue weighted by molar-refractivity contribution is 0.0697. The van der Waals surface area contributed by atoms with Crippen LogP contribution in [0.25, 0.3) is 27.8 Å². The van der Waals surface area contributed by atoms with Crippen molar-refractivity contribution < 1.29 is 23.4 Å². The van der Waals surface area contributed by atoms with Gasteiger partial charge in [0, 0.05) is 5.56 Å². The number of aromatic carboxylic acids is 1. The Balaban J connectivity index is 2.08. The number of carboxylic acid groups (broad SMARTS) is 1. The van der Waals surface area contributed by atoms with Gasteiger partial charge < -0.3 is 9.84 Å². The molecule has 0 unspecified atom stereocenters. The van der Waals surface area contributed by atoms with E-state index in [0.29, 0.717) is 10.9 Å². The highest BCUT2D eigenvalue weighted by Crippen LogP contribution is 2.39. The van der Waals surface area contributed by atoms with Gasteiger partial charge in [0.25, 0.3) is 0 Å². The van der Waals surface area contributed by atoms with Gasteiger partial charge in [-0.15, -0.1) is 0 Å². The number of fused-ring (bicyclic) bond motifs is 1. The first kappa shape index (κ1) is 18.8. The van der Waals surface area contributed by atoms with Gasteiger partial charge >= 0.3 is 5.97 Å². The molecule has 0 fully saturated rings. The number of methoxy groups -OCH3 is 1. The Kier molecular flexibility index (Phi) is 4.63.